The average Bonchev–Trinajstić information content (AvgIpc) is 3.10. The normalized spacial score (nSPS) is 20.8. The first-order chi connectivity index (χ1) is 14.0. The van der Waals surface area contributed by atoms with Crippen LogP contribution in [0.2, 0.25) is 5.02 Å². The smallest absolute Gasteiger partial charge is 0.227 e. The van der Waals surface area contributed by atoms with Crippen molar-refractivity contribution in [2.45, 2.75) is 25.8 Å². The number of hydrogen-bond donors (Lipinski definition) is 1. The van der Waals surface area contributed by atoms with E-state index in [2.05, 4.69) is 5.32 Å². The van der Waals surface area contributed by atoms with Crippen molar-refractivity contribution in [1.82, 2.24) is 5.32 Å². The Morgan fingerprint density at radius 1 is 1.28 bits per heavy atom. The molecule has 1 N–H and O–H groups in total. The minimum atomic E-state index is -0.428. The molecule has 0 saturated carbocycles. The highest BCUT2D eigenvalue weighted by atomic mass is 35.5. The van der Waals surface area contributed by atoms with Gasteiger partial charge in [0.2, 0.25) is 11.8 Å². The third-order valence-corrected chi connectivity index (χ3v) is 5.68. The number of carbonyl (C=O) groups is 2. The van der Waals surface area contributed by atoms with E-state index >= 15 is 0 Å². The van der Waals surface area contributed by atoms with Crippen LogP contribution < -0.4 is 19.7 Å². The summed E-state index contributed by atoms with van der Waals surface area (Å²) in [6, 6.07) is 11.0. The zero-order valence-electron chi connectivity index (χ0n) is 16.4. The molecule has 2 aromatic rings. The quantitative estimate of drug-likeness (QED) is 0.829. The van der Waals surface area contributed by atoms with E-state index in [0.29, 0.717) is 36.0 Å². The number of hydrogen-bond acceptors (Lipinski definition) is 4. The van der Waals surface area contributed by atoms with Crippen LogP contribution in [0.25, 0.3) is 0 Å². The van der Waals surface area contributed by atoms with E-state index in [4.69, 9.17) is 21.1 Å². The average molecular weight is 415 g/mol. The van der Waals surface area contributed by atoms with Crippen molar-refractivity contribution in [3.05, 3.63) is 52.5 Å². The van der Waals surface area contributed by atoms with Crippen molar-refractivity contribution >= 4 is 29.1 Å². The molecule has 2 aromatic carbocycles. The second-order valence-electron chi connectivity index (χ2n) is 7.46. The first-order valence-corrected chi connectivity index (χ1v) is 10.0. The van der Waals surface area contributed by atoms with E-state index in [0.717, 1.165) is 16.9 Å². The van der Waals surface area contributed by atoms with Gasteiger partial charge in [-0.25, -0.2) is 0 Å². The number of benzene rings is 2. The highest BCUT2D eigenvalue weighted by molar-refractivity contribution is 6.31. The van der Waals surface area contributed by atoms with Crippen molar-refractivity contribution in [3.8, 4) is 11.5 Å². The molecule has 2 amide bonds. The summed E-state index contributed by atoms with van der Waals surface area (Å²) in [7, 11) is 1.54. The summed E-state index contributed by atoms with van der Waals surface area (Å²) in [5.41, 5.74) is 2.69. The SMILES string of the molecule is COc1ccc(Cl)cc1N1CC(C(=O)NC2CCOc3ccc(C)cc32)CC1=O. The molecule has 1 saturated heterocycles. The number of carbonyl (C=O) groups excluding carboxylic acids is 2. The van der Waals surface area contributed by atoms with Crippen LogP contribution in [0, 0.1) is 12.8 Å². The number of nitrogens with one attached hydrogen (secondary N) is 1. The molecule has 0 spiro atoms. The standard InChI is InChI=1S/C22H23ClN2O4/c1-13-3-5-19-16(9-13)17(7-8-29-19)24-22(27)14-10-21(26)25(12-14)18-11-15(23)4-6-20(18)28-2/h3-6,9,11,14,17H,7-8,10,12H2,1-2H3,(H,24,27). The van der Waals surface area contributed by atoms with Crippen molar-refractivity contribution in [2.24, 2.45) is 5.92 Å². The van der Waals surface area contributed by atoms with Gasteiger partial charge in [-0.15, -0.1) is 0 Å². The molecule has 2 heterocycles. The fourth-order valence-electron chi connectivity index (χ4n) is 3.94. The number of rotatable bonds is 4. The van der Waals surface area contributed by atoms with Gasteiger partial charge in [-0.1, -0.05) is 29.3 Å². The van der Waals surface area contributed by atoms with Crippen molar-refractivity contribution in [3.63, 3.8) is 0 Å². The Hall–Kier alpha value is -2.73. The molecule has 152 valence electrons. The summed E-state index contributed by atoms with van der Waals surface area (Å²) in [5.74, 6) is 0.690. The van der Waals surface area contributed by atoms with Gasteiger partial charge in [0, 0.05) is 30.0 Å². The van der Waals surface area contributed by atoms with Crippen LogP contribution in [0.5, 0.6) is 11.5 Å². The lowest BCUT2D eigenvalue weighted by Crippen LogP contribution is -2.37. The Morgan fingerprint density at radius 3 is 2.90 bits per heavy atom. The number of amides is 2. The molecule has 0 radical (unpaired) electrons. The van der Waals surface area contributed by atoms with Crippen LogP contribution in [-0.4, -0.2) is 32.1 Å². The Kier molecular flexibility index (Phi) is 5.37. The molecule has 2 aliphatic rings. The summed E-state index contributed by atoms with van der Waals surface area (Å²) in [4.78, 5) is 27.2. The van der Waals surface area contributed by atoms with Crippen LogP contribution in [0.4, 0.5) is 5.69 Å². The molecule has 2 aliphatic heterocycles. The van der Waals surface area contributed by atoms with Gasteiger partial charge in [-0.2, -0.15) is 0 Å². The molecule has 29 heavy (non-hydrogen) atoms. The largest absolute Gasteiger partial charge is 0.495 e. The lowest BCUT2D eigenvalue weighted by molar-refractivity contribution is -0.127. The van der Waals surface area contributed by atoms with Gasteiger partial charge < -0.3 is 19.7 Å². The van der Waals surface area contributed by atoms with Gasteiger partial charge in [0.05, 0.1) is 31.4 Å². The van der Waals surface area contributed by atoms with Crippen LogP contribution in [0.15, 0.2) is 36.4 Å². The predicted octanol–water partition coefficient (Wildman–Crippen LogP) is 3.65. The zero-order chi connectivity index (χ0) is 20.5. The van der Waals surface area contributed by atoms with E-state index in [1.165, 1.54) is 0 Å². The van der Waals surface area contributed by atoms with Crippen LogP contribution in [0.1, 0.15) is 30.0 Å². The number of nitrogens with zero attached hydrogens (tertiary/aromatic N) is 1. The van der Waals surface area contributed by atoms with Crippen LogP contribution >= 0.6 is 11.6 Å². The molecule has 2 unspecified atom stereocenters. The number of aryl methyl sites for hydroxylation is 1. The topological polar surface area (TPSA) is 67.9 Å². The summed E-state index contributed by atoms with van der Waals surface area (Å²) in [6.07, 6.45) is 0.861. The van der Waals surface area contributed by atoms with E-state index in [9.17, 15) is 9.59 Å². The third-order valence-electron chi connectivity index (χ3n) is 5.45. The number of anilines is 1. The van der Waals surface area contributed by atoms with E-state index in [-0.39, 0.29) is 24.3 Å². The third kappa shape index (κ3) is 3.90. The maximum atomic E-state index is 13.0. The van der Waals surface area contributed by atoms with E-state index in [1.807, 2.05) is 25.1 Å². The van der Waals surface area contributed by atoms with Crippen molar-refractivity contribution < 1.29 is 19.1 Å². The molecule has 0 bridgehead atoms. The van der Waals surface area contributed by atoms with Crippen molar-refractivity contribution in [1.29, 1.82) is 0 Å². The fraction of sp³-hybridized carbons (Fsp3) is 0.364. The molecular formula is C22H23ClN2O4. The number of fused-ring (bicyclic) bond motifs is 1. The van der Waals surface area contributed by atoms with Crippen molar-refractivity contribution in [2.75, 3.05) is 25.2 Å². The number of methoxy groups -OCH3 is 1. The Morgan fingerprint density at radius 2 is 2.10 bits per heavy atom. The Labute approximate surface area is 174 Å². The second kappa shape index (κ2) is 7.95. The minimum absolute atomic E-state index is 0.115. The van der Waals surface area contributed by atoms with Gasteiger partial charge in [0.15, 0.2) is 0 Å². The summed E-state index contributed by atoms with van der Waals surface area (Å²) >= 11 is 6.10. The van der Waals surface area contributed by atoms with Crippen LogP contribution in [-0.2, 0) is 9.59 Å². The predicted molar refractivity (Wildman–Crippen MR) is 111 cm³/mol. The maximum Gasteiger partial charge on any atom is 0.227 e. The lowest BCUT2D eigenvalue weighted by Gasteiger charge is -2.28. The summed E-state index contributed by atoms with van der Waals surface area (Å²) < 4.78 is 11.1. The molecule has 6 nitrogen and oxygen atoms in total. The highest BCUT2D eigenvalue weighted by Gasteiger charge is 2.37. The monoisotopic (exact) mass is 414 g/mol. The molecule has 0 aromatic heterocycles. The fourth-order valence-corrected chi connectivity index (χ4v) is 4.11. The molecule has 4 rings (SSSR count). The van der Waals surface area contributed by atoms with Gasteiger partial charge in [0.1, 0.15) is 11.5 Å². The molecule has 2 atom stereocenters. The van der Waals surface area contributed by atoms with Gasteiger partial charge >= 0.3 is 0 Å². The first kappa shape index (κ1) is 19.6. The summed E-state index contributed by atoms with van der Waals surface area (Å²) in [5, 5.41) is 3.63. The maximum absolute atomic E-state index is 13.0. The molecule has 0 aliphatic carbocycles. The van der Waals surface area contributed by atoms with Gasteiger partial charge in [-0.3, -0.25) is 9.59 Å². The Bertz CT molecular complexity index is 962. The van der Waals surface area contributed by atoms with Crippen LogP contribution in [0.3, 0.4) is 0 Å². The first-order valence-electron chi connectivity index (χ1n) is 9.64. The molecular weight excluding hydrogens is 392 g/mol. The van der Waals surface area contributed by atoms with E-state index < -0.39 is 5.92 Å². The van der Waals surface area contributed by atoms with Gasteiger partial charge in [0.25, 0.3) is 0 Å². The van der Waals surface area contributed by atoms with Gasteiger partial charge in [-0.05, 0) is 31.2 Å². The minimum Gasteiger partial charge on any atom is -0.495 e. The zero-order valence-corrected chi connectivity index (χ0v) is 17.2. The Balaban J connectivity index is 1.50. The second-order valence-corrected chi connectivity index (χ2v) is 7.90. The molecule has 1 fully saturated rings. The number of ether oxygens (including phenoxy) is 2. The number of halogens is 1. The van der Waals surface area contributed by atoms with E-state index in [1.54, 1.807) is 30.2 Å². The molecule has 7 heteroatoms. The summed E-state index contributed by atoms with van der Waals surface area (Å²) in [6.45, 7) is 2.86. The highest BCUT2D eigenvalue weighted by Crippen LogP contribution is 2.36. The lowest BCUT2D eigenvalue weighted by atomic mass is 9.97.